The van der Waals surface area contributed by atoms with Crippen LogP contribution < -0.4 is 0 Å². The van der Waals surface area contributed by atoms with Gasteiger partial charge in [0.1, 0.15) is 0 Å². The lowest BCUT2D eigenvalue weighted by atomic mass is 9.92. The predicted octanol–water partition coefficient (Wildman–Crippen LogP) is 3.98. The first-order valence-electron chi connectivity index (χ1n) is 5.92. The molecule has 0 fully saturated rings. The lowest BCUT2D eigenvalue weighted by molar-refractivity contribution is 0.0696. The lowest BCUT2D eigenvalue weighted by Crippen LogP contribution is -2.01. The lowest BCUT2D eigenvalue weighted by Gasteiger charge is -2.13. The summed E-state index contributed by atoms with van der Waals surface area (Å²) in [5.74, 6) is -0.875. The molecule has 2 heteroatoms. The van der Waals surface area contributed by atoms with E-state index in [0.29, 0.717) is 5.56 Å². The minimum absolute atomic E-state index is 0.369. The van der Waals surface area contributed by atoms with E-state index in [1.807, 2.05) is 25.1 Å². The molecule has 2 rings (SSSR count). The molecular formula is C16H16O2. The van der Waals surface area contributed by atoms with Crippen molar-refractivity contribution in [2.24, 2.45) is 0 Å². The zero-order valence-electron chi connectivity index (χ0n) is 10.8. The Morgan fingerprint density at radius 3 is 2.06 bits per heavy atom. The van der Waals surface area contributed by atoms with Gasteiger partial charge in [-0.25, -0.2) is 4.79 Å². The summed E-state index contributed by atoms with van der Waals surface area (Å²) in [6, 6.07) is 11.5. The minimum atomic E-state index is -0.875. The van der Waals surface area contributed by atoms with Crippen molar-refractivity contribution in [2.75, 3.05) is 0 Å². The Labute approximate surface area is 107 Å². The zero-order valence-corrected chi connectivity index (χ0v) is 10.8. The maximum Gasteiger partial charge on any atom is 0.335 e. The number of hydrogen-bond acceptors (Lipinski definition) is 1. The molecule has 0 aliphatic rings. The van der Waals surface area contributed by atoms with Crippen molar-refractivity contribution in [2.45, 2.75) is 20.8 Å². The second-order valence-corrected chi connectivity index (χ2v) is 4.53. The molecule has 0 unspecified atom stereocenters. The third-order valence-electron chi connectivity index (χ3n) is 3.46. The van der Waals surface area contributed by atoms with Gasteiger partial charge in [0.05, 0.1) is 5.56 Å². The van der Waals surface area contributed by atoms with E-state index in [9.17, 15) is 4.79 Å². The number of carbonyl (C=O) groups is 1. The third kappa shape index (κ3) is 2.02. The molecule has 0 aromatic heterocycles. The number of hydrogen-bond donors (Lipinski definition) is 1. The number of aromatic carboxylic acids is 1. The highest BCUT2D eigenvalue weighted by atomic mass is 16.4. The first-order chi connectivity index (χ1) is 8.52. The number of carboxylic acids is 1. The van der Waals surface area contributed by atoms with E-state index in [0.717, 1.165) is 16.7 Å². The first kappa shape index (κ1) is 12.4. The molecule has 0 radical (unpaired) electrons. The van der Waals surface area contributed by atoms with Gasteiger partial charge in [-0.15, -0.1) is 0 Å². The molecule has 2 aromatic carbocycles. The summed E-state index contributed by atoms with van der Waals surface area (Å²) in [4.78, 5) is 11.2. The number of rotatable bonds is 2. The van der Waals surface area contributed by atoms with Crippen LogP contribution in [0.1, 0.15) is 27.0 Å². The van der Waals surface area contributed by atoms with Gasteiger partial charge >= 0.3 is 5.97 Å². The summed E-state index contributed by atoms with van der Waals surface area (Å²) in [5, 5.41) is 9.16. The predicted molar refractivity (Wildman–Crippen MR) is 73.0 cm³/mol. The molecule has 1 N–H and O–H groups in total. The van der Waals surface area contributed by atoms with Crippen LogP contribution in [0.5, 0.6) is 0 Å². The van der Waals surface area contributed by atoms with Crippen LogP contribution in [0.3, 0.4) is 0 Å². The highest BCUT2D eigenvalue weighted by Gasteiger charge is 2.12. The molecular weight excluding hydrogens is 224 g/mol. The van der Waals surface area contributed by atoms with E-state index in [4.69, 9.17) is 5.11 Å². The molecule has 2 nitrogen and oxygen atoms in total. The van der Waals surface area contributed by atoms with E-state index in [1.165, 1.54) is 11.1 Å². The molecule has 0 spiro atoms. The average molecular weight is 240 g/mol. The van der Waals surface area contributed by atoms with E-state index in [2.05, 4.69) is 19.9 Å². The van der Waals surface area contributed by atoms with Gasteiger partial charge in [-0.2, -0.15) is 0 Å². The van der Waals surface area contributed by atoms with Crippen molar-refractivity contribution in [1.29, 1.82) is 0 Å². The molecule has 0 aliphatic carbocycles. The van der Waals surface area contributed by atoms with Crippen LogP contribution in [0.15, 0.2) is 36.4 Å². The van der Waals surface area contributed by atoms with Gasteiger partial charge in [0.15, 0.2) is 0 Å². The third-order valence-corrected chi connectivity index (χ3v) is 3.46. The second kappa shape index (κ2) is 4.65. The van der Waals surface area contributed by atoms with E-state index < -0.39 is 5.97 Å². The number of benzene rings is 2. The van der Waals surface area contributed by atoms with Crippen LogP contribution in [0.25, 0.3) is 11.1 Å². The Morgan fingerprint density at radius 1 is 0.889 bits per heavy atom. The fourth-order valence-corrected chi connectivity index (χ4v) is 2.20. The van der Waals surface area contributed by atoms with Gasteiger partial charge in [-0.1, -0.05) is 30.3 Å². The van der Waals surface area contributed by atoms with Gasteiger partial charge in [0, 0.05) is 0 Å². The maximum atomic E-state index is 11.2. The van der Waals surface area contributed by atoms with E-state index in [1.54, 1.807) is 12.1 Å². The smallest absolute Gasteiger partial charge is 0.335 e. The molecule has 0 atom stereocenters. The van der Waals surface area contributed by atoms with Gasteiger partial charge in [0.25, 0.3) is 0 Å². The molecule has 18 heavy (non-hydrogen) atoms. The molecule has 0 aliphatic heterocycles. The fraction of sp³-hybridized carbons (Fsp3) is 0.188. The normalized spacial score (nSPS) is 10.4. The molecule has 0 saturated heterocycles. The zero-order chi connectivity index (χ0) is 13.3. The second-order valence-electron chi connectivity index (χ2n) is 4.53. The van der Waals surface area contributed by atoms with Crippen LogP contribution in [0, 0.1) is 20.8 Å². The van der Waals surface area contributed by atoms with Crippen LogP contribution >= 0.6 is 0 Å². The Hall–Kier alpha value is -2.09. The Morgan fingerprint density at radius 2 is 1.44 bits per heavy atom. The highest BCUT2D eigenvalue weighted by Crippen LogP contribution is 2.29. The molecule has 2 aromatic rings. The maximum absolute atomic E-state index is 11.2. The molecule has 0 amide bonds. The van der Waals surface area contributed by atoms with Crippen molar-refractivity contribution in [3.8, 4) is 11.1 Å². The number of aryl methyl sites for hydroxylation is 1. The largest absolute Gasteiger partial charge is 0.478 e. The Balaban J connectivity index is 2.69. The summed E-state index contributed by atoms with van der Waals surface area (Å²) < 4.78 is 0. The van der Waals surface area contributed by atoms with Crippen molar-refractivity contribution >= 4 is 5.97 Å². The number of carboxylic acid groups (broad SMARTS) is 1. The van der Waals surface area contributed by atoms with Crippen LogP contribution in [-0.4, -0.2) is 11.1 Å². The standard InChI is InChI=1S/C16H16O2/c1-10-6-4-7-13(11(10)2)14-8-5-9-15(12(14)3)16(17)18/h4-9H,1-3H3,(H,17,18). The van der Waals surface area contributed by atoms with Gasteiger partial charge < -0.3 is 5.11 Å². The van der Waals surface area contributed by atoms with Gasteiger partial charge in [0.2, 0.25) is 0 Å². The monoisotopic (exact) mass is 240 g/mol. The van der Waals surface area contributed by atoms with Crippen LogP contribution in [-0.2, 0) is 0 Å². The minimum Gasteiger partial charge on any atom is -0.478 e. The highest BCUT2D eigenvalue weighted by molar-refractivity contribution is 5.92. The van der Waals surface area contributed by atoms with Crippen LogP contribution in [0.2, 0.25) is 0 Å². The van der Waals surface area contributed by atoms with Crippen LogP contribution in [0.4, 0.5) is 0 Å². The van der Waals surface area contributed by atoms with E-state index >= 15 is 0 Å². The summed E-state index contributed by atoms with van der Waals surface area (Å²) in [6.07, 6.45) is 0. The van der Waals surface area contributed by atoms with Gasteiger partial charge in [-0.3, -0.25) is 0 Å². The quantitative estimate of drug-likeness (QED) is 0.862. The molecule has 0 bridgehead atoms. The van der Waals surface area contributed by atoms with Crippen molar-refractivity contribution in [1.82, 2.24) is 0 Å². The summed E-state index contributed by atoms with van der Waals surface area (Å²) in [6.45, 7) is 5.99. The van der Waals surface area contributed by atoms with E-state index in [-0.39, 0.29) is 0 Å². The summed E-state index contributed by atoms with van der Waals surface area (Å²) in [5.41, 5.74) is 5.70. The fourth-order valence-electron chi connectivity index (χ4n) is 2.20. The molecule has 0 heterocycles. The summed E-state index contributed by atoms with van der Waals surface area (Å²) in [7, 11) is 0. The summed E-state index contributed by atoms with van der Waals surface area (Å²) >= 11 is 0. The topological polar surface area (TPSA) is 37.3 Å². The van der Waals surface area contributed by atoms with Crippen molar-refractivity contribution in [3.63, 3.8) is 0 Å². The first-order valence-corrected chi connectivity index (χ1v) is 5.92. The SMILES string of the molecule is Cc1cccc(-c2cccc(C(=O)O)c2C)c1C. The molecule has 92 valence electrons. The average Bonchev–Trinajstić information content (AvgIpc) is 2.33. The Bertz CT molecular complexity index is 612. The van der Waals surface area contributed by atoms with Gasteiger partial charge in [-0.05, 0) is 54.7 Å². The Kier molecular flexibility index (Phi) is 3.19. The van der Waals surface area contributed by atoms with Crippen molar-refractivity contribution < 1.29 is 9.90 Å². The van der Waals surface area contributed by atoms with Crippen molar-refractivity contribution in [3.05, 3.63) is 58.7 Å². The molecule has 0 saturated carbocycles.